The Labute approximate surface area is 73.0 Å². The number of hydrogen-bond acceptors (Lipinski definition) is 3. The third-order valence-electron chi connectivity index (χ3n) is 2.03. The Kier molecular flexibility index (Phi) is 3.09. The first-order chi connectivity index (χ1) is 5.66. The molecule has 12 heavy (non-hydrogen) atoms. The van der Waals surface area contributed by atoms with Gasteiger partial charge in [-0.2, -0.15) is 0 Å². The van der Waals surface area contributed by atoms with Gasteiger partial charge >= 0.3 is 5.97 Å². The van der Waals surface area contributed by atoms with E-state index in [1.165, 1.54) is 0 Å². The van der Waals surface area contributed by atoms with Crippen molar-refractivity contribution in [2.45, 2.75) is 38.7 Å². The molecule has 0 aromatic heterocycles. The first-order valence-corrected chi connectivity index (χ1v) is 4.46. The SMILES string of the molecule is CCOC(=O)CCC[C@@]1(C)CO1. The number of esters is 1. The zero-order valence-electron chi connectivity index (χ0n) is 7.76. The molecule has 1 saturated heterocycles. The van der Waals surface area contributed by atoms with Gasteiger partial charge in [0, 0.05) is 6.42 Å². The molecule has 0 aliphatic carbocycles. The summed E-state index contributed by atoms with van der Waals surface area (Å²) in [6.45, 7) is 5.21. The zero-order chi connectivity index (χ0) is 9.03. The fraction of sp³-hybridized carbons (Fsp3) is 0.889. The van der Waals surface area contributed by atoms with Crippen LogP contribution in [0.25, 0.3) is 0 Å². The van der Waals surface area contributed by atoms with E-state index in [0.717, 1.165) is 19.4 Å². The lowest BCUT2D eigenvalue weighted by Crippen LogP contribution is -2.08. The summed E-state index contributed by atoms with van der Waals surface area (Å²) in [5, 5.41) is 0. The molecule has 1 aliphatic heterocycles. The molecule has 0 amide bonds. The normalized spacial score (nSPS) is 26.8. The lowest BCUT2D eigenvalue weighted by molar-refractivity contribution is -0.143. The number of epoxide rings is 1. The molecule has 0 saturated carbocycles. The third kappa shape index (κ3) is 3.22. The Morgan fingerprint density at radius 1 is 1.67 bits per heavy atom. The smallest absolute Gasteiger partial charge is 0.305 e. The highest BCUT2D eigenvalue weighted by Crippen LogP contribution is 2.31. The molecule has 3 nitrogen and oxygen atoms in total. The molecule has 1 rings (SSSR count). The zero-order valence-corrected chi connectivity index (χ0v) is 7.76. The number of rotatable bonds is 5. The van der Waals surface area contributed by atoms with Crippen molar-refractivity contribution < 1.29 is 14.3 Å². The molecular formula is C9H16O3. The van der Waals surface area contributed by atoms with Crippen LogP contribution < -0.4 is 0 Å². The minimum absolute atomic E-state index is 0.0759. The fourth-order valence-electron chi connectivity index (χ4n) is 1.11. The van der Waals surface area contributed by atoms with E-state index in [0.29, 0.717) is 13.0 Å². The number of ether oxygens (including phenoxy) is 2. The van der Waals surface area contributed by atoms with Gasteiger partial charge in [0.25, 0.3) is 0 Å². The van der Waals surface area contributed by atoms with Crippen LogP contribution >= 0.6 is 0 Å². The fourth-order valence-corrected chi connectivity index (χ4v) is 1.11. The van der Waals surface area contributed by atoms with E-state index >= 15 is 0 Å². The molecule has 3 heteroatoms. The predicted molar refractivity (Wildman–Crippen MR) is 44.8 cm³/mol. The molecule has 1 fully saturated rings. The van der Waals surface area contributed by atoms with Crippen LogP contribution in [0.4, 0.5) is 0 Å². The summed E-state index contributed by atoms with van der Waals surface area (Å²) in [6.07, 6.45) is 2.36. The summed E-state index contributed by atoms with van der Waals surface area (Å²) in [5.41, 5.74) is 0.0759. The van der Waals surface area contributed by atoms with Gasteiger partial charge in [-0.25, -0.2) is 0 Å². The van der Waals surface area contributed by atoms with E-state index in [4.69, 9.17) is 9.47 Å². The van der Waals surface area contributed by atoms with Crippen molar-refractivity contribution in [3.8, 4) is 0 Å². The van der Waals surface area contributed by atoms with Crippen molar-refractivity contribution in [1.29, 1.82) is 0 Å². The van der Waals surface area contributed by atoms with E-state index < -0.39 is 0 Å². The van der Waals surface area contributed by atoms with Crippen LogP contribution in [0.15, 0.2) is 0 Å². The second-order valence-electron chi connectivity index (χ2n) is 3.40. The largest absolute Gasteiger partial charge is 0.466 e. The van der Waals surface area contributed by atoms with Gasteiger partial charge in [-0.1, -0.05) is 0 Å². The maximum atomic E-state index is 10.9. The van der Waals surface area contributed by atoms with Gasteiger partial charge in [-0.15, -0.1) is 0 Å². The molecule has 0 radical (unpaired) electrons. The molecule has 0 bridgehead atoms. The highest BCUT2D eigenvalue weighted by Gasteiger charge is 2.38. The van der Waals surface area contributed by atoms with Gasteiger partial charge in [0.05, 0.1) is 18.8 Å². The van der Waals surface area contributed by atoms with Gasteiger partial charge < -0.3 is 9.47 Å². The van der Waals surface area contributed by atoms with Crippen molar-refractivity contribution in [2.75, 3.05) is 13.2 Å². The minimum atomic E-state index is -0.0956. The van der Waals surface area contributed by atoms with Gasteiger partial charge in [0.2, 0.25) is 0 Å². The summed E-state index contributed by atoms with van der Waals surface area (Å²) in [6, 6.07) is 0. The van der Waals surface area contributed by atoms with Crippen molar-refractivity contribution in [1.82, 2.24) is 0 Å². The quantitative estimate of drug-likeness (QED) is 0.466. The Hall–Kier alpha value is -0.570. The molecule has 0 unspecified atom stereocenters. The average Bonchev–Trinajstić information content (AvgIpc) is 2.69. The number of carbonyl (C=O) groups is 1. The highest BCUT2D eigenvalue weighted by atomic mass is 16.6. The third-order valence-corrected chi connectivity index (χ3v) is 2.03. The molecule has 0 N–H and O–H groups in total. The van der Waals surface area contributed by atoms with Crippen LogP contribution in [-0.4, -0.2) is 24.8 Å². The summed E-state index contributed by atoms with van der Waals surface area (Å²) in [7, 11) is 0. The molecule has 1 atom stereocenters. The minimum Gasteiger partial charge on any atom is -0.466 e. The monoisotopic (exact) mass is 172 g/mol. The van der Waals surface area contributed by atoms with E-state index in [9.17, 15) is 4.79 Å². The van der Waals surface area contributed by atoms with Crippen molar-refractivity contribution in [3.63, 3.8) is 0 Å². The summed E-state index contributed by atoms with van der Waals surface area (Å²) in [5.74, 6) is -0.0956. The Morgan fingerprint density at radius 2 is 2.33 bits per heavy atom. The highest BCUT2D eigenvalue weighted by molar-refractivity contribution is 5.69. The number of carbonyl (C=O) groups excluding carboxylic acids is 1. The molecule has 0 spiro atoms. The standard InChI is InChI=1S/C9H16O3/c1-3-11-8(10)5-4-6-9(2)7-12-9/h3-7H2,1-2H3/t9-/m0/s1. The summed E-state index contributed by atoms with van der Waals surface area (Å²) in [4.78, 5) is 10.9. The van der Waals surface area contributed by atoms with E-state index in [2.05, 4.69) is 6.92 Å². The van der Waals surface area contributed by atoms with Crippen molar-refractivity contribution in [2.24, 2.45) is 0 Å². The Balaban J connectivity index is 1.98. The molecule has 1 aliphatic rings. The van der Waals surface area contributed by atoms with Crippen molar-refractivity contribution in [3.05, 3.63) is 0 Å². The van der Waals surface area contributed by atoms with Gasteiger partial charge in [-0.3, -0.25) is 4.79 Å². The molecule has 70 valence electrons. The topological polar surface area (TPSA) is 38.8 Å². The van der Waals surface area contributed by atoms with Gasteiger partial charge in [0.1, 0.15) is 0 Å². The Bertz CT molecular complexity index is 161. The van der Waals surface area contributed by atoms with Crippen LogP contribution in [-0.2, 0) is 14.3 Å². The summed E-state index contributed by atoms with van der Waals surface area (Å²) < 4.78 is 9.98. The average molecular weight is 172 g/mol. The molecular weight excluding hydrogens is 156 g/mol. The lowest BCUT2D eigenvalue weighted by atomic mass is 10.1. The van der Waals surface area contributed by atoms with E-state index in [-0.39, 0.29) is 11.6 Å². The molecule has 1 heterocycles. The van der Waals surface area contributed by atoms with Crippen LogP contribution in [0.5, 0.6) is 0 Å². The van der Waals surface area contributed by atoms with Crippen LogP contribution in [0.2, 0.25) is 0 Å². The first-order valence-electron chi connectivity index (χ1n) is 4.46. The van der Waals surface area contributed by atoms with Crippen LogP contribution in [0.1, 0.15) is 33.1 Å². The van der Waals surface area contributed by atoms with Crippen LogP contribution in [0.3, 0.4) is 0 Å². The molecule has 0 aromatic rings. The van der Waals surface area contributed by atoms with E-state index in [1.54, 1.807) is 0 Å². The molecule has 0 aromatic carbocycles. The lowest BCUT2D eigenvalue weighted by Gasteiger charge is -2.03. The maximum absolute atomic E-state index is 10.9. The van der Waals surface area contributed by atoms with Gasteiger partial charge in [0.15, 0.2) is 0 Å². The van der Waals surface area contributed by atoms with Crippen molar-refractivity contribution >= 4 is 5.97 Å². The van der Waals surface area contributed by atoms with Gasteiger partial charge in [-0.05, 0) is 26.7 Å². The van der Waals surface area contributed by atoms with Crippen LogP contribution in [0, 0.1) is 0 Å². The summed E-state index contributed by atoms with van der Waals surface area (Å²) >= 11 is 0. The van der Waals surface area contributed by atoms with E-state index in [1.807, 2.05) is 6.92 Å². The predicted octanol–water partition coefficient (Wildman–Crippen LogP) is 1.51. The Morgan fingerprint density at radius 3 is 2.83 bits per heavy atom. The maximum Gasteiger partial charge on any atom is 0.305 e. The number of hydrogen-bond donors (Lipinski definition) is 0. The first kappa shape index (κ1) is 9.52. The second kappa shape index (κ2) is 3.90. The second-order valence-corrected chi connectivity index (χ2v) is 3.40.